The zero-order valence-corrected chi connectivity index (χ0v) is 15.1. The molecule has 1 heterocycles. The smallest absolute Gasteiger partial charge is 0.253 e. The van der Waals surface area contributed by atoms with E-state index in [9.17, 15) is 4.79 Å². The average molecular weight is 337 g/mol. The van der Waals surface area contributed by atoms with Gasteiger partial charge in [-0.1, -0.05) is 42.5 Å². The maximum absolute atomic E-state index is 12.2. The fourth-order valence-electron chi connectivity index (χ4n) is 3.73. The van der Waals surface area contributed by atoms with E-state index in [0.717, 1.165) is 25.2 Å². The second-order valence-electron chi connectivity index (χ2n) is 7.11. The molecule has 2 aromatic carbocycles. The lowest BCUT2D eigenvalue weighted by atomic mass is 9.89. The standard InChI is InChI=1S/C21H27N3O/c1-23(2)21(25)18-10-6-7-16(11-18)13-24-14-19(12-22)20(15-24)17-8-4-3-5-9-17/h3-11,19-20H,12-15,22H2,1-2H3/t19-,20+/m1/s1. The van der Waals surface area contributed by atoms with E-state index < -0.39 is 0 Å². The summed E-state index contributed by atoms with van der Waals surface area (Å²) in [6.45, 7) is 3.57. The molecule has 1 saturated heterocycles. The van der Waals surface area contributed by atoms with Crippen LogP contribution in [0.2, 0.25) is 0 Å². The van der Waals surface area contributed by atoms with Gasteiger partial charge in [-0.3, -0.25) is 9.69 Å². The van der Waals surface area contributed by atoms with Gasteiger partial charge in [0.1, 0.15) is 0 Å². The van der Waals surface area contributed by atoms with Gasteiger partial charge in [0.2, 0.25) is 0 Å². The molecule has 0 unspecified atom stereocenters. The second-order valence-corrected chi connectivity index (χ2v) is 7.11. The molecule has 2 aromatic rings. The molecule has 4 heteroatoms. The minimum atomic E-state index is 0.0465. The van der Waals surface area contributed by atoms with Crippen LogP contribution in [0.25, 0.3) is 0 Å². The molecule has 2 N–H and O–H groups in total. The molecule has 0 radical (unpaired) electrons. The number of amides is 1. The second kappa shape index (κ2) is 7.81. The van der Waals surface area contributed by atoms with Crippen LogP contribution in [-0.2, 0) is 6.54 Å². The first-order valence-electron chi connectivity index (χ1n) is 8.86. The van der Waals surface area contributed by atoms with Crippen LogP contribution in [0.4, 0.5) is 0 Å². The Morgan fingerprint density at radius 3 is 2.56 bits per heavy atom. The molecule has 132 valence electrons. The van der Waals surface area contributed by atoms with Crippen LogP contribution in [0.3, 0.4) is 0 Å². The molecule has 0 aromatic heterocycles. The average Bonchev–Trinajstić information content (AvgIpc) is 3.04. The number of hydrogen-bond donors (Lipinski definition) is 1. The quantitative estimate of drug-likeness (QED) is 0.912. The van der Waals surface area contributed by atoms with Gasteiger partial charge in [0.25, 0.3) is 5.91 Å². The Hall–Kier alpha value is -2.17. The number of benzene rings is 2. The molecule has 4 nitrogen and oxygen atoms in total. The maximum atomic E-state index is 12.2. The van der Waals surface area contributed by atoms with Crippen molar-refractivity contribution in [3.63, 3.8) is 0 Å². The van der Waals surface area contributed by atoms with E-state index in [1.54, 1.807) is 19.0 Å². The zero-order valence-electron chi connectivity index (χ0n) is 15.1. The molecule has 1 fully saturated rings. The first-order chi connectivity index (χ1) is 12.1. The molecule has 1 aliphatic rings. The normalized spacial score (nSPS) is 20.6. The zero-order chi connectivity index (χ0) is 17.8. The van der Waals surface area contributed by atoms with Gasteiger partial charge in [0, 0.05) is 45.2 Å². The Morgan fingerprint density at radius 1 is 1.12 bits per heavy atom. The van der Waals surface area contributed by atoms with E-state index in [-0.39, 0.29) is 5.91 Å². The number of carbonyl (C=O) groups excluding carboxylic acids is 1. The van der Waals surface area contributed by atoms with E-state index in [1.165, 1.54) is 11.1 Å². The van der Waals surface area contributed by atoms with E-state index in [1.807, 2.05) is 18.2 Å². The highest BCUT2D eigenvalue weighted by molar-refractivity contribution is 5.94. The molecular formula is C21H27N3O. The SMILES string of the molecule is CN(C)C(=O)c1cccc(CN2C[C@@H](CN)[C@H](c3ccccc3)C2)c1. The number of likely N-dealkylation sites (tertiary alicyclic amines) is 1. The van der Waals surface area contributed by atoms with E-state index in [2.05, 4.69) is 41.3 Å². The van der Waals surface area contributed by atoms with Gasteiger partial charge >= 0.3 is 0 Å². The van der Waals surface area contributed by atoms with Crippen LogP contribution in [0.15, 0.2) is 54.6 Å². The Kier molecular flexibility index (Phi) is 5.51. The van der Waals surface area contributed by atoms with E-state index in [0.29, 0.717) is 18.4 Å². The van der Waals surface area contributed by atoms with Gasteiger partial charge in [-0.2, -0.15) is 0 Å². The third kappa shape index (κ3) is 4.09. The molecule has 0 saturated carbocycles. The van der Waals surface area contributed by atoms with Gasteiger partial charge in [0.15, 0.2) is 0 Å². The molecule has 0 bridgehead atoms. The Morgan fingerprint density at radius 2 is 1.88 bits per heavy atom. The van der Waals surface area contributed by atoms with Crippen molar-refractivity contribution in [2.45, 2.75) is 12.5 Å². The van der Waals surface area contributed by atoms with Crippen LogP contribution in [-0.4, -0.2) is 49.4 Å². The van der Waals surface area contributed by atoms with Crippen molar-refractivity contribution >= 4 is 5.91 Å². The molecular weight excluding hydrogens is 310 g/mol. The van der Waals surface area contributed by atoms with Crippen molar-refractivity contribution in [1.82, 2.24) is 9.80 Å². The maximum Gasteiger partial charge on any atom is 0.253 e. The summed E-state index contributed by atoms with van der Waals surface area (Å²) in [7, 11) is 3.57. The fourth-order valence-corrected chi connectivity index (χ4v) is 3.73. The van der Waals surface area contributed by atoms with Crippen molar-refractivity contribution in [1.29, 1.82) is 0 Å². The molecule has 2 atom stereocenters. The highest BCUT2D eigenvalue weighted by atomic mass is 16.2. The van der Waals surface area contributed by atoms with Crippen molar-refractivity contribution < 1.29 is 4.79 Å². The van der Waals surface area contributed by atoms with Crippen LogP contribution >= 0.6 is 0 Å². The van der Waals surface area contributed by atoms with Crippen molar-refractivity contribution in [2.24, 2.45) is 11.7 Å². The van der Waals surface area contributed by atoms with Gasteiger partial charge in [0.05, 0.1) is 0 Å². The molecule has 25 heavy (non-hydrogen) atoms. The Labute approximate surface area is 150 Å². The molecule has 3 rings (SSSR count). The third-order valence-corrected chi connectivity index (χ3v) is 5.03. The first kappa shape index (κ1) is 17.6. The van der Waals surface area contributed by atoms with E-state index >= 15 is 0 Å². The van der Waals surface area contributed by atoms with Gasteiger partial charge in [-0.15, -0.1) is 0 Å². The van der Waals surface area contributed by atoms with Crippen LogP contribution < -0.4 is 5.73 Å². The predicted octanol–water partition coefficient (Wildman–Crippen LogP) is 2.56. The lowest BCUT2D eigenvalue weighted by molar-refractivity contribution is 0.0827. The summed E-state index contributed by atoms with van der Waals surface area (Å²) < 4.78 is 0. The van der Waals surface area contributed by atoms with Crippen LogP contribution in [0.5, 0.6) is 0 Å². The summed E-state index contributed by atoms with van der Waals surface area (Å²) >= 11 is 0. The lowest BCUT2D eigenvalue weighted by Crippen LogP contribution is -2.24. The van der Waals surface area contributed by atoms with E-state index in [4.69, 9.17) is 5.73 Å². The topological polar surface area (TPSA) is 49.6 Å². The van der Waals surface area contributed by atoms with Crippen LogP contribution in [0.1, 0.15) is 27.4 Å². The molecule has 1 amide bonds. The summed E-state index contributed by atoms with van der Waals surface area (Å²) in [5, 5.41) is 0. The minimum absolute atomic E-state index is 0.0465. The number of hydrogen-bond acceptors (Lipinski definition) is 3. The summed E-state index contributed by atoms with van der Waals surface area (Å²) in [6.07, 6.45) is 0. The first-order valence-corrected chi connectivity index (χ1v) is 8.86. The Bertz CT molecular complexity index is 714. The monoisotopic (exact) mass is 337 g/mol. The summed E-state index contributed by atoms with van der Waals surface area (Å²) in [4.78, 5) is 16.2. The molecule has 1 aliphatic heterocycles. The highest BCUT2D eigenvalue weighted by Gasteiger charge is 2.32. The minimum Gasteiger partial charge on any atom is -0.345 e. The Balaban J connectivity index is 1.72. The predicted molar refractivity (Wildman–Crippen MR) is 101 cm³/mol. The molecule has 0 spiro atoms. The number of carbonyl (C=O) groups is 1. The number of rotatable bonds is 5. The largest absolute Gasteiger partial charge is 0.345 e. The third-order valence-electron chi connectivity index (χ3n) is 5.03. The summed E-state index contributed by atoms with van der Waals surface area (Å²) in [5.74, 6) is 1.01. The van der Waals surface area contributed by atoms with Crippen molar-refractivity contribution in [3.8, 4) is 0 Å². The van der Waals surface area contributed by atoms with Gasteiger partial charge < -0.3 is 10.6 Å². The number of nitrogens with zero attached hydrogens (tertiary/aromatic N) is 2. The number of nitrogens with two attached hydrogens (primary N) is 1. The van der Waals surface area contributed by atoms with Gasteiger partial charge in [-0.05, 0) is 35.7 Å². The highest BCUT2D eigenvalue weighted by Crippen LogP contribution is 2.32. The summed E-state index contributed by atoms with van der Waals surface area (Å²) in [5.41, 5.74) is 9.33. The lowest BCUT2D eigenvalue weighted by Gasteiger charge is -2.17. The van der Waals surface area contributed by atoms with Gasteiger partial charge in [-0.25, -0.2) is 0 Å². The van der Waals surface area contributed by atoms with Crippen molar-refractivity contribution in [2.75, 3.05) is 33.7 Å². The fraction of sp³-hybridized carbons (Fsp3) is 0.381. The van der Waals surface area contributed by atoms with Crippen molar-refractivity contribution in [3.05, 3.63) is 71.3 Å². The summed E-state index contributed by atoms with van der Waals surface area (Å²) in [6, 6.07) is 18.6. The van der Waals surface area contributed by atoms with Crippen LogP contribution in [0, 0.1) is 5.92 Å². The molecule has 0 aliphatic carbocycles.